The summed E-state index contributed by atoms with van der Waals surface area (Å²) < 4.78 is 10.2. The van der Waals surface area contributed by atoms with Crippen molar-refractivity contribution in [1.29, 1.82) is 0 Å². The van der Waals surface area contributed by atoms with Crippen LogP contribution in [0.15, 0.2) is 47.3 Å². The number of methoxy groups -OCH3 is 1. The van der Waals surface area contributed by atoms with Gasteiger partial charge in [0.05, 0.1) is 18.9 Å². The van der Waals surface area contributed by atoms with Gasteiger partial charge >= 0.3 is 0 Å². The van der Waals surface area contributed by atoms with Gasteiger partial charge in [-0.15, -0.1) is 0 Å². The molecule has 6 nitrogen and oxygen atoms in total. The predicted molar refractivity (Wildman–Crippen MR) is 113 cm³/mol. The van der Waals surface area contributed by atoms with E-state index < -0.39 is 0 Å². The molecule has 2 fully saturated rings. The predicted octanol–water partition coefficient (Wildman–Crippen LogP) is 3.62. The number of piperidine rings is 2. The lowest BCUT2D eigenvalue weighted by atomic mass is 9.88. The Bertz CT molecular complexity index is 831. The minimum absolute atomic E-state index is 0.00556. The van der Waals surface area contributed by atoms with E-state index >= 15 is 0 Å². The molecule has 0 N–H and O–H groups in total. The Morgan fingerprint density at radius 2 is 1.63 bits per heavy atom. The molecule has 1 aromatic carbocycles. The Hall–Kier alpha value is -2.76. The molecule has 160 valence electrons. The molecule has 2 aromatic rings. The summed E-state index contributed by atoms with van der Waals surface area (Å²) in [5, 5.41) is 0. The molecule has 2 aliphatic rings. The van der Waals surface area contributed by atoms with Crippen LogP contribution in [0.25, 0.3) is 0 Å². The van der Waals surface area contributed by atoms with Crippen molar-refractivity contribution < 1.29 is 18.7 Å². The van der Waals surface area contributed by atoms with Gasteiger partial charge in [-0.25, -0.2) is 0 Å². The van der Waals surface area contributed by atoms with Crippen LogP contribution in [-0.4, -0.2) is 54.9 Å². The van der Waals surface area contributed by atoms with Crippen molar-refractivity contribution in [1.82, 2.24) is 9.80 Å². The first kappa shape index (κ1) is 20.5. The average Bonchev–Trinajstić information content (AvgIpc) is 3.34. The Labute approximate surface area is 177 Å². The lowest BCUT2D eigenvalue weighted by Gasteiger charge is -2.37. The SMILES string of the molecule is COc1ccc(CC2CCN(C(=O)C3CCN(C(=O)c4ccoc4)CC3)CC2)cc1. The van der Waals surface area contributed by atoms with Gasteiger partial charge < -0.3 is 19.0 Å². The van der Waals surface area contributed by atoms with E-state index in [1.54, 1.807) is 13.2 Å². The summed E-state index contributed by atoms with van der Waals surface area (Å²) in [7, 11) is 1.68. The Kier molecular flexibility index (Phi) is 6.41. The third-order valence-corrected chi connectivity index (χ3v) is 6.51. The van der Waals surface area contributed by atoms with Gasteiger partial charge in [0.15, 0.2) is 0 Å². The fourth-order valence-electron chi connectivity index (χ4n) is 4.61. The molecule has 3 heterocycles. The van der Waals surface area contributed by atoms with Gasteiger partial charge in [0.1, 0.15) is 12.0 Å². The topological polar surface area (TPSA) is 63.0 Å². The van der Waals surface area contributed by atoms with Gasteiger partial charge in [0.2, 0.25) is 5.91 Å². The first-order valence-electron chi connectivity index (χ1n) is 10.9. The summed E-state index contributed by atoms with van der Waals surface area (Å²) in [6.07, 6.45) is 7.64. The third kappa shape index (κ3) is 4.69. The highest BCUT2D eigenvalue weighted by Gasteiger charge is 2.32. The van der Waals surface area contributed by atoms with Crippen LogP contribution in [0.2, 0.25) is 0 Å². The number of furan rings is 1. The van der Waals surface area contributed by atoms with Gasteiger partial charge in [0, 0.05) is 32.1 Å². The van der Waals surface area contributed by atoms with E-state index in [0.29, 0.717) is 24.6 Å². The summed E-state index contributed by atoms with van der Waals surface area (Å²) in [4.78, 5) is 29.3. The minimum Gasteiger partial charge on any atom is -0.497 e. The molecule has 0 spiro atoms. The van der Waals surface area contributed by atoms with Crippen molar-refractivity contribution >= 4 is 11.8 Å². The number of rotatable bonds is 5. The van der Waals surface area contributed by atoms with Crippen LogP contribution < -0.4 is 4.74 Å². The second kappa shape index (κ2) is 9.37. The van der Waals surface area contributed by atoms with Crippen molar-refractivity contribution in [2.24, 2.45) is 11.8 Å². The third-order valence-electron chi connectivity index (χ3n) is 6.51. The van der Waals surface area contributed by atoms with Crippen molar-refractivity contribution in [3.63, 3.8) is 0 Å². The number of carbonyl (C=O) groups is 2. The van der Waals surface area contributed by atoms with Crippen LogP contribution in [0.4, 0.5) is 0 Å². The quantitative estimate of drug-likeness (QED) is 0.755. The van der Waals surface area contributed by atoms with Crippen LogP contribution in [0.5, 0.6) is 5.75 Å². The molecule has 6 heteroatoms. The van der Waals surface area contributed by atoms with Crippen LogP contribution in [-0.2, 0) is 11.2 Å². The fraction of sp³-hybridized carbons (Fsp3) is 0.500. The number of nitrogens with zero attached hydrogens (tertiary/aromatic N) is 2. The fourth-order valence-corrected chi connectivity index (χ4v) is 4.61. The van der Waals surface area contributed by atoms with E-state index in [-0.39, 0.29) is 17.7 Å². The molecule has 0 radical (unpaired) electrons. The van der Waals surface area contributed by atoms with E-state index in [1.807, 2.05) is 21.9 Å². The zero-order chi connectivity index (χ0) is 20.9. The van der Waals surface area contributed by atoms with Gasteiger partial charge in [0.25, 0.3) is 5.91 Å². The number of hydrogen-bond acceptors (Lipinski definition) is 4. The highest BCUT2D eigenvalue weighted by atomic mass is 16.5. The largest absolute Gasteiger partial charge is 0.497 e. The molecule has 0 atom stereocenters. The van der Waals surface area contributed by atoms with Crippen LogP contribution in [0.1, 0.15) is 41.6 Å². The number of ether oxygens (including phenoxy) is 1. The normalized spacial score (nSPS) is 18.4. The second-order valence-corrected chi connectivity index (χ2v) is 8.40. The molecular formula is C24H30N2O4. The van der Waals surface area contributed by atoms with E-state index in [2.05, 4.69) is 12.1 Å². The van der Waals surface area contributed by atoms with Crippen molar-refractivity contribution in [3.05, 3.63) is 54.0 Å². The van der Waals surface area contributed by atoms with Gasteiger partial charge in [-0.3, -0.25) is 9.59 Å². The van der Waals surface area contributed by atoms with Crippen molar-refractivity contribution in [3.8, 4) is 5.75 Å². The first-order valence-corrected chi connectivity index (χ1v) is 10.9. The highest BCUT2D eigenvalue weighted by molar-refractivity contribution is 5.94. The average molecular weight is 411 g/mol. The maximum Gasteiger partial charge on any atom is 0.257 e. The Balaban J connectivity index is 1.22. The van der Waals surface area contributed by atoms with E-state index in [9.17, 15) is 9.59 Å². The molecule has 2 aliphatic heterocycles. The van der Waals surface area contributed by atoms with Crippen molar-refractivity contribution in [2.75, 3.05) is 33.3 Å². The molecule has 0 bridgehead atoms. The van der Waals surface area contributed by atoms with Gasteiger partial charge in [-0.1, -0.05) is 12.1 Å². The second-order valence-electron chi connectivity index (χ2n) is 8.40. The van der Waals surface area contributed by atoms with Crippen molar-refractivity contribution in [2.45, 2.75) is 32.1 Å². The summed E-state index contributed by atoms with van der Waals surface area (Å²) in [5.41, 5.74) is 1.91. The lowest BCUT2D eigenvalue weighted by Crippen LogP contribution is -2.46. The molecule has 0 saturated carbocycles. The summed E-state index contributed by atoms with van der Waals surface area (Å²) >= 11 is 0. The maximum atomic E-state index is 13.0. The van der Waals surface area contributed by atoms with Crippen LogP contribution >= 0.6 is 0 Å². The zero-order valence-corrected chi connectivity index (χ0v) is 17.6. The molecule has 0 unspecified atom stereocenters. The molecular weight excluding hydrogens is 380 g/mol. The maximum absolute atomic E-state index is 13.0. The van der Waals surface area contributed by atoms with Crippen LogP contribution in [0.3, 0.4) is 0 Å². The van der Waals surface area contributed by atoms with E-state index in [4.69, 9.17) is 9.15 Å². The van der Waals surface area contributed by atoms with Gasteiger partial charge in [-0.2, -0.15) is 0 Å². The zero-order valence-electron chi connectivity index (χ0n) is 17.6. The number of benzene rings is 1. The summed E-state index contributed by atoms with van der Waals surface area (Å²) in [6, 6.07) is 9.98. The van der Waals surface area contributed by atoms with Crippen LogP contribution in [0, 0.1) is 11.8 Å². The molecule has 4 rings (SSSR count). The minimum atomic E-state index is -0.00556. The monoisotopic (exact) mass is 410 g/mol. The number of amides is 2. The molecule has 30 heavy (non-hydrogen) atoms. The number of hydrogen-bond donors (Lipinski definition) is 0. The lowest BCUT2D eigenvalue weighted by molar-refractivity contribution is -0.138. The number of likely N-dealkylation sites (tertiary alicyclic amines) is 2. The van der Waals surface area contributed by atoms with Gasteiger partial charge in [-0.05, 0) is 61.8 Å². The molecule has 0 aliphatic carbocycles. The molecule has 2 saturated heterocycles. The Morgan fingerprint density at radius 1 is 0.967 bits per heavy atom. The molecule has 1 aromatic heterocycles. The first-order chi connectivity index (χ1) is 14.6. The Morgan fingerprint density at radius 3 is 2.23 bits per heavy atom. The smallest absolute Gasteiger partial charge is 0.257 e. The van der Waals surface area contributed by atoms with E-state index in [1.165, 1.54) is 18.1 Å². The number of carbonyl (C=O) groups excluding carboxylic acids is 2. The highest BCUT2D eigenvalue weighted by Crippen LogP contribution is 2.27. The standard InChI is InChI=1S/C24H30N2O4/c1-29-22-4-2-18(3-5-22)16-19-6-11-25(12-7-19)23(27)20-8-13-26(14-9-20)24(28)21-10-15-30-17-21/h2-5,10,15,17,19-20H,6-9,11-14,16H2,1H3. The summed E-state index contributed by atoms with van der Waals surface area (Å²) in [5.74, 6) is 1.81. The summed E-state index contributed by atoms with van der Waals surface area (Å²) in [6.45, 7) is 2.95. The van der Waals surface area contributed by atoms with E-state index in [0.717, 1.165) is 50.9 Å². The molecule has 2 amide bonds.